The summed E-state index contributed by atoms with van der Waals surface area (Å²) < 4.78 is 5.59. The molecule has 3 N–H and O–H groups in total. The van der Waals surface area contributed by atoms with Crippen LogP contribution in [0.5, 0.6) is 5.75 Å². The van der Waals surface area contributed by atoms with Gasteiger partial charge in [-0.15, -0.1) is 0 Å². The van der Waals surface area contributed by atoms with Crippen LogP contribution in [-0.2, 0) is 4.79 Å². The van der Waals surface area contributed by atoms with Crippen molar-refractivity contribution in [3.8, 4) is 5.75 Å². The lowest BCUT2D eigenvalue weighted by Gasteiger charge is -2.16. The van der Waals surface area contributed by atoms with E-state index in [9.17, 15) is 4.79 Å². The zero-order valence-corrected chi connectivity index (χ0v) is 13.0. The summed E-state index contributed by atoms with van der Waals surface area (Å²) in [5.41, 5.74) is 6.43. The van der Waals surface area contributed by atoms with E-state index in [1.54, 1.807) is 18.2 Å². The average molecular weight is 299 g/mol. The van der Waals surface area contributed by atoms with Gasteiger partial charge in [0.1, 0.15) is 5.75 Å². The molecule has 1 aromatic carbocycles. The Bertz CT molecular complexity index is 449. The van der Waals surface area contributed by atoms with Gasteiger partial charge in [-0.25, -0.2) is 0 Å². The lowest BCUT2D eigenvalue weighted by atomic mass is 10.0. The Hall–Kier alpha value is -1.26. The maximum atomic E-state index is 12.1. The number of hydrogen-bond donors (Lipinski definition) is 2. The quantitative estimate of drug-likeness (QED) is 0.810. The Morgan fingerprint density at radius 3 is 2.75 bits per heavy atom. The van der Waals surface area contributed by atoms with E-state index in [1.165, 1.54) is 0 Å². The van der Waals surface area contributed by atoms with Gasteiger partial charge in [0.15, 0.2) is 0 Å². The second-order valence-electron chi connectivity index (χ2n) is 5.21. The first-order chi connectivity index (χ1) is 9.43. The standard InChI is InChI=1S/C15H23ClN2O2/c1-4-7-20-14-6-5-11(16)9-13(14)18-15(19)12(17)8-10(2)3/h5-6,9-10,12H,4,7-8,17H2,1-3H3,(H,18,19). The van der Waals surface area contributed by atoms with Crippen molar-refractivity contribution >= 4 is 23.2 Å². The number of hydrogen-bond acceptors (Lipinski definition) is 3. The molecule has 0 saturated heterocycles. The minimum Gasteiger partial charge on any atom is -0.491 e. The fraction of sp³-hybridized carbons (Fsp3) is 0.533. The number of nitrogens with one attached hydrogen (secondary N) is 1. The summed E-state index contributed by atoms with van der Waals surface area (Å²) in [5, 5.41) is 3.34. The van der Waals surface area contributed by atoms with Crippen LogP contribution in [0.1, 0.15) is 33.6 Å². The topological polar surface area (TPSA) is 64.3 Å². The predicted molar refractivity (Wildman–Crippen MR) is 83.3 cm³/mol. The zero-order chi connectivity index (χ0) is 15.1. The molecule has 4 nitrogen and oxygen atoms in total. The van der Waals surface area contributed by atoms with Crippen molar-refractivity contribution in [3.05, 3.63) is 23.2 Å². The molecule has 0 aliphatic rings. The highest BCUT2D eigenvalue weighted by molar-refractivity contribution is 6.31. The molecule has 1 unspecified atom stereocenters. The first-order valence-electron chi connectivity index (χ1n) is 6.92. The Kier molecular flexibility index (Phi) is 6.82. The van der Waals surface area contributed by atoms with Gasteiger partial charge in [0.05, 0.1) is 18.3 Å². The van der Waals surface area contributed by atoms with Crippen molar-refractivity contribution in [2.24, 2.45) is 11.7 Å². The molecule has 20 heavy (non-hydrogen) atoms. The molecule has 0 spiro atoms. The van der Waals surface area contributed by atoms with Gasteiger partial charge in [-0.2, -0.15) is 0 Å². The number of ether oxygens (including phenoxy) is 1. The van der Waals surface area contributed by atoms with Crippen molar-refractivity contribution in [1.29, 1.82) is 0 Å². The highest BCUT2D eigenvalue weighted by atomic mass is 35.5. The van der Waals surface area contributed by atoms with Crippen LogP contribution in [0.25, 0.3) is 0 Å². The van der Waals surface area contributed by atoms with Crippen LogP contribution in [-0.4, -0.2) is 18.6 Å². The van der Waals surface area contributed by atoms with Crippen LogP contribution in [0.4, 0.5) is 5.69 Å². The lowest BCUT2D eigenvalue weighted by molar-refractivity contribution is -0.117. The Morgan fingerprint density at radius 1 is 1.45 bits per heavy atom. The molecule has 1 aromatic rings. The number of rotatable bonds is 7. The highest BCUT2D eigenvalue weighted by Gasteiger charge is 2.17. The molecule has 112 valence electrons. The number of carbonyl (C=O) groups excluding carboxylic acids is 1. The van der Waals surface area contributed by atoms with E-state index in [-0.39, 0.29) is 5.91 Å². The Labute approximate surface area is 125 Å². The Balaban J connectivity index is 2.79. The SMILES string of the molecule is CCCOc1ccc(Cl)cc1NC(=O)C(N)CC(C)C. The van der Waals surface area contributed by atoms with E-state index >= 15 is 0 Å². The third-order valence-electron chi connectivity index (χ3n) is 2.72. The van der Waals surface area contributed by atoms with Gasteiger partial charge in [0.25, 0.3) is 0 Å². The van der Waals surface area contributed by atoms with Gasteiger partial charge in [0.2, 0.25) is 5.91 Å². The third kappa shape index (κ3) is 5.39. The van der Waals surface area contributed by atoms with E-state index in [0.717, 1.165) is 6.42 Å². The van der Waals surface area contributed by atoms with E-state index in [2.05, 4.69) is 5.32 Å². The molecule has 0 radical (unpaired) electrons. The number of carbonyl (C=O) groups is 1. The minimum absolute atomic E-state index is 0.220. The Morgan fingerprint density at radius 2 is 2.15 bits per heavy atom. The lowest BCUT2D eigenvalue weighted by Crippen LogP contribution is -2.36. The molecule has 0 saturated carbocycles. The van der Waals surface area contributed by atoms with E-state index < -0.39 is 6.04 Å². The van der Waals surface area contributed by atoms with Gasteiger partial charge < -0.3 is 15.8 Å². The molecule has 1 atom stereocenters. The first-order valence-corrected chi connectivity index (χ1v) is 7.30. The van der Waals surface area contributed by atoms with Crippen LogP contribution in [0.15, 0.2) is 18.2 Å². The summed E-state index contributed by atoms with van der Waals surface area (Å²) >= 11 is 5.96. The third-order valence-corrected chi connectivity index (χ3v) is 2.96. The van der Waals surface area contributed by atoms with E-state index in [0.29, 0.717) is 35.4 Å². The van der Waals surface area contributed by atoms with Gasteiger partial charge >= 0.3 is 0 Å². The molecule has 0 fully saturated rings. The fourth-order valence-electron chi connectivity index (χ4n) is 1.78. The monoisotopic (exact) mass is 298 g/mol. The van der Waals surface area contributed by atoms with Gasteiger partial charge in [-0.05, 0) is 37.0 Å². The highest BCUT2D eigenvalue weighted by Crippen LogP contribution is 2.28. The molecular weight excluding hydrogens is 276 g/mol. The summed E-state index contributed by atoms with van der Waals surface area (Å²) in [6, 6.07) is 4.62. The zero-order valence-electron chi connectivity index (χ0n) is 12.3. The van der Waals surface area contributed by atoms with Crippen molar-refractivity contribution in [1.82, 2.24) is 0 Å². The van der Waals surface area contributed by atoms with Crippen LogP contribution < -0.4 is 15.8 Å². The average Bonchev–Trinajstić information content (AvgIpc) is 2.37. The van der Waals surface area contributed by atoms with Crippen LogP contribution in [0.2, 0.25) is 5.02 Å². The van der Waals surface area contributed by atoms with Crippen LogP contribution >= 0.6 is 11.6 Å². The van der Waals surface area contributed by atoms with Crippen molar-refractivity contribution in [2.75, 3.05) is 11.9 Å². The molecule has 0 bridgehead atoms. The summed E-state index contributed by atoms with van der Waals surface area (Å²) in [5.74, 6) is 0.759. The largest absolute Gasteiger partial charge is 0.491 e. The summed E-state index contributed by atoms with van der Waals surface area (Å²) in [6.07, 6.45) is 1.53. The van der Waals surface area contributed by atoms with Crippen LogP contribution in [0.3, 0.4) is 0 Å². The van der Waals surface area contributed by atoms with Crippen LogP contribution in [0, 0.1) is 5.92 Å². The maximum absolute atomic E-state index is 12.1. The minimum atomic E-state index is -0.534. The normalized spacial score (nSPS) is 12.3. The second kappa shape index (κ2) is 8.12. The molecule has 5 heteroatoms. The van der Waals surface area contributed by atoms with Crippen molar-refractivity contribution < 1.29 is 9.53 Å². The number of halogens is 1. The second-order valence-corrected chi connectivity index (χ2v) is 5.65. The number of nitrogens with two attached hydrogens (primary N) is 1. The van der Waals surface area contributed by atoms with Gasteiger partial charge in [-0.3, -0.25) is 4.79 Å². The number of amides is 1. The molecule has 0 aromatic heterocycles. The van der Waals surface area contributed by atoms with E-state index in [4.69, 9.17) is 22.1 Å². The molecule has 1 amide bonds. The summed E-state index contributed by atoms with van der Waals surface area (Å²) in [4.78, 5) is 12.1. The fourth-order valence-corrected chi connectivity index (χ4v) is 1.95. The van der Waals surface area contributed by atoms with Gasteiger partial charge in [-0.1, -0.05) is 32.4 Å². The molecule has 0 aliphatic heterocycles. The van der Waals surface area contributed by atoms with Crippen molar-refractivity contribution in [2.45, 2.75) is 39.7 Å². The molecule has 0 aliphatic carbocycles. The molecular formula is C15H23ClN2O2. The summed E-state index contributed by atoms with van der Waals surface area (Å²) in [6.45, 7) is 6.67. The molecule has 0 heterocycles. The van der Waals surface area contributed by atoms with Gasteiger partial charge in [0, 0.05) is 5.02 Å². The maximum Gasteiger partial charge on any atom is 0.241 e. The smallest absolute Gasteiger partial charge is 0.241 e. The number of benzene rings is 1. The number of anilines is 1. The summed E-state index contributed by atoms with van der Waals surface area (Å²) in [7, 11) is 0. The first kappa shape index (κ1) is 16.8. The van der Waals surface area contributed by atoms with E-state index in [1.807, 2.05) is 20.8 Å². The predicted octanol–water partition coefficient (Wildman–Crippen LogP) is 3.44. The van der Waals surface area contributed by atoms with Crippen molar-refractivity contribution in [3.63, 3.8) is 0 Å². The molecule has 1 rings (SSSR count).